The molecule has 0 aromatic heterocycles. The first-order valence-electron chi connectivity index (χ1n) is 12.5. The molecule has 39 heavy (non-hydrogen) atoms. The van der Waals surface area contributed by atoms with Gasteiger partial charge in [-0.25, -0.2) is 4.79 Å². The van der Waals surface area contributed by atoms with Gasteiger partial charge in [-0.2, -0.15) is 0 Å². The summed E-state index contributed by atoms with van der Waals surface area (Å²) in [6, 6.07) is 21.5. The van der Waals surface area contributed by atoms with Gasteiger partial charge in [0.1, 0.15) is 10.9 Å². The minimum atomic E-state index is -0.954. The van der Waals surface area contributed by atoms with Crippen LogP contribution in [0.2, 0.25) is 0 Å². The normalized spacial score (nSPS) is 14.9. The molecule has 1 fully saturated rings. The van der Waals surface area contributed by atoms with Crippen LogP contribution in [0.3, 0.4) is 0 Å². The van der Waals surface area contributed by atoms with E-state index in [1.807, 2.05) is 74.5 Å². The van der Waals surface area contributed by atoms with Crippen molar-refractivity contribution < 1.29 is 23.8 Å². The number of rotatable bonds is 11. The maximum atomic E-state index is 13.6. The molecule has 0 bridgehead atoms. The number of thioether (sulfide) groups is 1. The Morgan fingerprint density at radius 1 is 1.03 bits per heavy atom. The molecule has 0 N–H and O–H groups in total. The van der Waals surface area contributed by atoms with E-state index in [-0.39, 0.29) is 12.5 Å². The first-order chi connectivity index (χ1) is 18.9. The van der Waals surface area contributed by atoms with Crippen LogP contribution >= 0.6 is 39.9 Å². The SMILES string of the molecule is CCCOC(=O)C(c1ccccc1)N1C(=O)/C(=C\c2ccc(OCc3ccc(Br)cc3)c(OCC)c2)SC1=S. The fourth-order valence-electron chi connectivity index (χ4n) is 3.90. The second-order valence-electron chi connectivity index (χ2n) is 8.59. The molecule has 6 nitrogen and oxygen atoms in total. The fraction of sp³-hybridized carbons (Fsp3) is 0.233. The van der Waals surface area contributed by atoms with Crippen LogP contribution in [0.5, 0.6) is 11.5 Å². The lowest BCUT2D eigenvalue weighted by atomic mass is 10.1. The summed E-state index contributed by atoms with van der Waals surface area (Å²) in [7, 11) is 0. The lowest BCUT2D eigenvalue weighted by Crippen LogP contribution is -2.38. The lowest BCUT2D eigenvalue weighted by molar-refractivity contribution is -0.151. The number of hydrogen-bond acceptors (Lipinski definition) is 7. The van der Waals surface area contributed by atoms with Crippen LogP contribution in [-0.4, -0.2) is 34.3 Å². The van der Waals surface area contributed by atoms with Gasteiger partial charge in [-0.15, -0.1) is 0 Å². The summed E-state index contributed by atoms with van der Waals surface area (Å²) in [5.74, 6) is 0.323. The van der Waals surface area contributed by atoms with E-state index in [4.69, 9.17) is 26.4 Å². The molecule has 1 unspecified atom stereocenters. The Hall–Kier alpha value is -3.14. The van der Waals surface area contributed by atoms with E-state index in [1.165, 1.54) is 4.90 Å². The summed E-state index contributed by atoms with van der Waals surface area (Å²) in [4.78, 5) is 28.4. The molecule has 202 valence electrons. The third-order valence-corrected chi connectivity index (χ3v) is 7.60. The topological polar surface area (TPSA) is 65.1 Å². The van der Waals surface area contributed by atoms with Crippen LogP contribution in [-0.2, 0) is 20.9 Å². The maximum absolute atomic E-state index is 13.6. The molecule has 0 aliphatic carbocycles. The maximum Gasteiger partial charge on any atom is 0.333 e. The third-order valence-electron chi connectivity index (χ3n) is 5.74. The molecule has 1 aliphatic rings. The van der Waals surface area contributed by atoms with Gasteiger partial charge in [0.25, 0.3) is 5.91 Å². The van der Waals surface area contributed by atoms with Gasteiger partial charge < -0.3 is 14.2 Å². The van der Waals surface area contributed by atoms with E-state index in [1.54, 1.807) is 18.2 Å². The van der Waals surface area contributed by atoms with Crippen molar-refractivity contribution in [2.24, 2.45) is 0 Å². The van der Waals surface area contributed by atoms with E-state index in [0.717, 1.165) is 27.4 Å². The minimum Gasteiger partial charge on any atom is -0.490 e. The Morgan fingerprint density at radius 2 is 1.77 bits per heavy atom. The number of benzene rings is 3. The molecule has 1 atom stereocenters. The van der Waals surface area contributed by atoms with E-state index < -0.39 is 12.0 Å². The lowest BCUT2D eigenvalue weighted by Gasteiger charge is -2.25. The van der Waals surface area contributed by atoms with Crippen molar-refractivity contribution >= 4 is 62.2 Å². The standard InChI is InChI=1S/C30H28BrNO5S2/c1-3-16-36-29(34)27(22-8-6-5-7-9-22)32-28(33)26(39-30(32)38)18-21-12-15-24(25(17-21)35-4-2)37-19-20-10-13-23(31)14-11-20/h5-15,17-18,27H,3-4,16,19H2,1-2H3/b26-18+. The van der Waals surface area contributed by atoms with Gasteiger partial charge in [0.05, 0.1) is 18.1 Å². The molecule has 3 aromatic rings. The van der Waals surface area contributed by atoms with Crippen molar-refractivity contribution in [3.05, 3.63) is 98.9 Å². The highest BCUT2D eigenvalue weighted by molar-refractivity contribution is 9.10. The van der Waals surface area contributed by atoms with Gasteiger partial charge in [-0.3, -0.25) is 9.69 Å². The molecule has 9 heteroatoms. The average Bonchev–Trinajstić information content (AvgIpc) is 3.21. The second kappa shape index (κ2) is 13.8. The van der Waals surface area contributed by atoms with Crippen molar-refractivity contribution in [1.82, 2.24) is 4.90 Å². The Kier molecular flexibility index (Phi) is 10.2. The number of carbonyl (C=O) groups is 2. The molecular weight excluding hydrogens is 598 g/mol. The van der Waals surface area contributed by atoms with E-state index in [2.05, 4.69) is 15.9 Å². The monoisotopic (exact) mass is 625 g/mol. The third kappa shape index (κ3) is 7.29. The Bertz CT molecular complexity index is 1360. The predicted molar refractivity (Wildman–Crippen MR) is 162 cm³/mol. The number of hydrogen-bond donors (Lipinski definition) is 0. The van der Waals surface area contributed by atoms with Crippen LogP contribution in [0.4, 0.5) is 0 Å². The highest BCUT2D eigenvalue weighted by atomic mass is 79.9. The average molecular weight is 627 g/mol. The molecule has 0 spiro atoms. The summed E-state index contributed by atoms with van der Waals surface area (Å²) >= 11 is 10.2. The van der Waals surface area contributed by atoms with E-state index in [0.29, 0.717) is 45.9 Å². The van der Waals surface area contributed by atoms with Crippen LogP contribution < -0.4 is 9.47 Å². The van der Waals surface area contributed by atoms with Crippen LogP contribution in [0.25, 0.3) is 6.08 Å². The smallest absolute Gasteiger partial charge is 0.333 e. The van der Waals surface area contributed by atoms with Gasteiger partial charge >= 0.3 is 5.97 Å². The van der Waals surface area contributed by atoms with E-state index >= 15 is 0 Å². The number of nitrogens with zero attached hydrogens (tertiary/aromatic N) is 1. The largest absolute Gasteiger partial charge is 0.490 e. The Balaban J connectivity index is 1.57. The molecule has 1 saturated heterocycles. The highest BCUT2D eigenvalue weighted by Crippen LogP contribution is 2.39. The number of carbonyl (C=O) groups excluding carboxylic acids is 2. The summed E-state index contributed by atoms with van der Waals surface area (Å²) in [6.45, 7) is 4.93. The van der Waals surface area contributed by atoms with Crippen molar-refractivity contribution in [1.29, 1.82) is 0 Å². The first kappa shape index (κ1) is 28.9. The van der Waals surface area contributed by atoms with Gasteiger partial charge in [-0.05, 0) is 60.4 Å². The molecule has 0 radical (unpaired) electrons. The van der Waals surface area contributed by atoms with E-state index in [9.17, 15) is 9.59 Å². The van der Waals surface area contributed by atoms with Crippen molar-refractivity contribution in [2.45, 2.75) is 32.9 Å². The number of halogens is 1. The summed E-state index contributed by atoms with van der Waals surface area (Å²) in [5, 5.41) is 0. The predicted octanol–water partition coefficient (Wildman–Crippen LogP) is 7.32. The molecule has 0 saturated carbocycles. The highest BCUT2D eigenvalue weighted by Gasteiger charge is 2.42. The van der Waals surface area contributed by atoms with Crippen LogP contribution in [0, 0.1) is 0 Å². The van der Waals surface area contributed by atoms with Gasteiger partial charge in [0.2, 0.25) is 0 Å². The number of ether oxygens (including phenoxy) is 3. The Morgan fingerprint density at radius 3 is 2.46 bits per heavy atom. The first-order valence-corrected chi connectivity index (χ1v) is 14.6. The van der Waals surface area contributed by atoms with Crippen LogP contribution in [0.15, 0.2) is 82.2 Å². The van der Waals surface area contributed by atoms with Gasteiger partial charge in [0, 0.05) is 4.47 Å². The summed E-state index contributed by atoms with van der Waals surface area (Å²) in [6.07, 6.45) is 2.43. The molecular formula is C30H28BrNO5S2. The summed E-state index contributed by atoms with van der Waals surface area (Å²) < 4.78 is 18.6. The zero-order chi connectivity index (χ0) is 27.8. The number of esters is 1. The molecule has 1 heterocycles. The molecule has 4 rings (SSSR count). The minimum absolute atomic E-state index is 0.267. The summed E-state index contributed by atoms with van der Waals surface area (Å²) in [5.41, 5.74) is 2.42. The number of amides is 1. The van der Waals surface area contributed by atoms with Crippen molar-refractivity contribution in [3.8, 4) is 11.5 Å². The zero-order valence-electron chi connectivity index (χ0n) is 21.6. The van der Waals surface area contributed by atoms with Crippen LogP contribution in [0.1, 0.15) is 43.0 Å². The van der Waals surface area contributed by atoms with Crippen molar-refractivity contribution in [2.75, 3.05) is 13.2 Å². The van der Waals surface area contributed by atoms with Crippen molar-refractivity contribution in [3.63, 3.8) is 0 Å². The fourth-order valence-corrected chi connectivity index (χ4v) is 5.48. The molecule has 1 aliphatic heterocycles. The zero-order valence-corrected chi connectivity index (χ0v) is 24.8. The van der Waals surface area contributed by atoms with Gasteiger partial charge in [0.15, 0.2) is 17.5 Å². The van der Waals surface area contributed by atoms with Gasteiger partial charge in [-0.1, -0.05) is 95.4 Å². The quantitative estimate of drug-likeness (QED) is 0.126. The molecule has 1 amide bonds. The Labute approximate surface area is 246 Å². The second-order valence-corrected chi connectivity index (χ2v) is 11.2. The number of thiocarbonyl (C=S) groups is 1. The molecule has 3 aromatic carbocycles.